The zero-order valence-corrected chi connectivity index (χ0v) is 9.52. The number of hydrogen-bond donors (Lipinski definition) is 1. The van der Waals surface area contributed by atoms with Gasteiger partial charge in [0.2, 0.25) is 0 Å². The molecular formula is C12H11N3O2. The average Bonchev–Trinajstić information content (AvgIpc) is 2.28. The molecule has 0 unspecified atom stereocenters. The quantitative estimate of drug-likeness (QED) is 0.837. The average molecular weight is 229 g/mol. The highest BCUT2D eigenvalue weighted by Crippen LogP contribution is 2.21. The minimum atomic E-state index is -1.17. The maximum atomic E-state index is 11.1. The topological polar surface area (TPSA) is 99.9 Å². The van der Waals surface area contributed by atoms with Gasteiger partial charge in [-0.1, -0.05) is 0 Å². The van der Waals surface area contributed by atoms with Crippen LogP contribution in [0, 0.1) is 22.7 Å². The Balaban J connectivity index is 3.08. The van der Waals surface area contributed by atoms with Crippen molar-refractivity contribution in [3.63, 3.8) is 0 Å². The maximum Gasteiger partial charge on any atom is 0.261 e. The molecule has 0 heterocycles. The van der Waals surface area contributed by atoms with Crippen LogP contribution >= 0.6 is 0 Å². The standard InChI is InChI=1S/C12H11N3O2/c1-12(2,11(15)16)17-10-4-3-8(6-13)9(5-10)7-14/h3-5H,1-2H3,(H2,15,16). The predicted molar refractivity (Wildman–Crippen MR) is 59.8 cm³/mol. The van der Waals surface area contributed by atoms with Gasteiger partial charge in [0.25, 0.3) is 5.91 Å². The number of rotatable bonds is 3. The number of amides is 1. The smallest absolute Gasteiger partial charge is 0.261 e. The molecule has 2 N–H and O–H groups in total. The van der Waals surface area contributed by atoms with Crippen LogP contribution in [0.4, 0.5) is 0 Å². The molecular weight excluding hydrogens is 218 g/mol. The zero-order chi connectivity index (χ0) is 13.1. The molecule has 17 heavy (non-hydrogen) atoms. The van der Waals surface area contributed by atoms with Crippen molar-refractivity contribution in [3.05, 3.63) is 29.3 Å². The zero-order valence-electron chi connectivity index (χ0n) is 9.52. The number of hydrogen-bond acceptors (Lipinski definition) is 4. The van der Waals surface area contributed by atoms with E-state index in [4.69, 9.17) is 21.0 Å². The minimum absolute atomic E-state index is 0.199. The van der Waals surface area contributed by atoms with E-state index in [9.17, 15) is 4.79 Å². The molecule has 0 spiro atoms. The van der Waals surface area contributed by atoms with Crippen molar-refractivity contribution in [2.45, 2.75) is 19.4 Å². The summed E-state index contributed by atoms with van der Waals surface area (Å²) in [4.78, 5) is 11.1. The summed E-state index contributed by atoms with van der Waals surface area (Å²) in [5, 5.41) is 17.6. The molecule has 0 aliphatic heterocycles. The van der Waals surface area contributed by atoms with Gasteiger partial charge in [-0.15, -0.1) is 0 Å². The molecule has 5 heteroatoms. The van der Waals surface area contributed by atoms with Crippen molar-refractivity contribution >= 4 is 5.91 Å². The first-order chi connectivity index (χ1) is 7.90. The molecule has 86 valence electrons. The van der Waals surface area contributed by atoms with Crippen molar-refractivity contribution in [3.8, 4) is 17.9 Å². The highest BCUT2D eigenvalue weighted by Gasteiger charge is 2.27. The van der Waals surface area contributed by atoms with Gasteiger partial charge in [0.15, 0.2) is 5.60 Å². The first-order valence-electron chi connectivity index (χ1n) is 4.84. The lowest BCUT2D eigenvalue weighted by Crippen LogP contribution is -2.43. The Kier molecular flexibility index (Phi) is 3.35. The van der Waals surface area contributed by atoms with Crippen LogP contribution in [-0.2, 0) is 4.79 Å². The van der Waals surface area contributed by atoms with Crippen molar-refractivity contribution in [2.24, 2.45) is 5.73 Å². The van der Waals surface area contributed by atoms with Crippen LogP contribution in [-0.4, -0.2) is 11.5 Å². The number of benzene rings is 1. The Morgan fingerprint density at radius 3 is 2.35 bits per heavy atom. The summed E-state index contributed by atoms with van der Waals surface area (Å²) in [5.41, 5.74) is 4.46. The Hall–Kier alpha value is -2.53. The van der Waals surface area contributed by atoms with Gasteiger partial charge in [-0.05, 0) is 32.0 Å². The molecule has 0 atom stereocenters. The molecule has 0 radical (unpaired) electrons. The predicted octanol–water partition coefficient (Wildman–Crippen LogP) is 1.07. The number of nitrogens with zero attached hydrogens (tertiary/aromatic N) is 2. The van der Waals surface area contributed by atoms with Gasteiger partial charge >= 0.3 is 0 Å². The van der Waals surface area contributed by atoms with Crippen LogP contribution in [0.15, 0.2) is 18.2 Å². The Morgan fingerprint density at radius 2 is 1.88 bits per heavy atom. The largest absolute Gasteiger partial charge is 0.478 e. The summed E-state index contributed by atoms with van der Waals surface area (Å²) in [6.07, 6.45) is 0. The van der Waals surface area contributed by atoms with Crippen LogP contribution in [0.3, 0.4) is 0 Å². The van der Waals surface area contributed by atoms with Crippen LogP contribution < -0.4 is 10.5 Å². The van der Waals surface area contributed by atoms with E-state index in [0.717, 1.165) is 0 Å². The highest BCUT2D eigenvalue weighted by atomic mass is 16.5. The summed E-state index contributed by atoms with van der Waals surface area (Å²) in [5.74, 6) is -0.287. The summed E-state index contributed by atoms with van der Waals surface area (Å²) in [7, 11) is 0. The third-order valence-electron chi connectivity index (χ3n) is 2.20. The first-order valence-corrected chi connectivity index (χ1v) is 4.84. The van der Waals surface area contributed by atoms with Crippen LogP contribution in [0.5, 0.6) is 5.75 Å². The second kappa shape index (κ2) is 4.54. The number of carbonyl (C=O) groups excluding carboxylic acids is 1. The van der Waals surface area contributed by atoms with Crippen molar-refractivity contribution in [2.75, 3.05) is 0 Å². The molecule has 1 rings (SSSR count). The molecule has 0 fully saturated rings. The minimum Gasteiger partial charge on any atom is -0.478 e. The van der Waals surface area contributed by atoms with Gasteiger partial charge in [0.1, 0.15) is 17.9 Å². The number of nitrogens with two attached hydrogens (primary N) is 1. The van der Waals surface area contributed by atoms with Crippen LogP contribution in [0.25, 0.3) is 0 Å². The second-order valence-electron chi connectivity index (χ2n) is 3.91. The lowest BCUT2D eigenvalue weighted by Gasteiger charge is -2.22. The van der Waals surface area contributed by atoms with Gasteiger partial charge in [-0.25, -0.2) is 0 Å². The number of nitriles is 2. The number of ether oxygens (including phenoxy) is 1. The van der Waals surface area contributed by atoms with Crippen LogP contribution in [0.1, 0.15) is 25.0 Å². The van der Waals surface area contributed by atoms with Gasteiger partial charge in [-0.2, -0.15) is 10.5 Å². The third-order valence-corrected chi connectivity index (χ3v) is 2.20. The molecule has 0 aliphatic rings. The van der Waals surface area contributed by atoms with Gasteiger partial charge in [0.05, 0.1) is 11.1 Å². The first kappa shape index (κ1) is 12.5. The Bertz CT molecular complexity index is 536. The van der Waals surface area contributed by atoms with E-state index in [-0.39, 0.29) is 11.1 Å². The molecule has 0 saturated heterocycles. The summed E-state index contributed by atoms with van der Waals surface area (Å²) in [6.45, 7) is 3.05. The van der Waals surface area contributed by atoms with E-state index in [0.29, 0.717) is 5.75 Å². The fraction of sp³-hybridized carbons (Fsp3) is 0.250. The second-order valence-corrected chi connectivity index (χ2v) is 3.91. The number of carbonyl (C=O) groups is 1. The number of primary amides is 1. The molecule has 0 aliphatic carbocycles. The SMILES string of the molecule is CC(C)(Oc1ccc(C#N)c(C#N)c1)C(N)=O. The van der Waals surface area contributed by atoms with Crippen molar-refractivity contribution in [1.29, 1.82) is 10.5 Å². The van der Waals surface area contributed by atoms with E-state index in [2.05, 4.69) is 0 Å². The van der Waals surface area contributed by atoms with Crippen molar-refractivity contribution in [1.82, 2.24) is 0 Å². The lowest BCUT2D eigenvalue weighted by atomic mass is 10.1. The Morgan fingerprint density at radius 1 is 1.29 bits per heavy atom. The monoisotopic (exact) mass is 229 g/mol. The summed E-state index contributed by atoms with van der Waals surface area (Å²) < 4.78 is 5.37. The van der Waals surface area contributed by atoms with Crippen molar-refractivity contribution < 1.29 is 9.53 Å². The molecule has 0 bridgehead atoms. The van der Waals surface area contributed by atoms with E-state index in [1.54, 1.807) is 0 Å². The fourth-order valence-electron chi connectivity index (χ4n) is 1.12. The third kappa shape index (κ3) is 2.73. The normalized spacial score (nSPS) is 10.1. The maximum absolute atomic E-state index is 11.1. The van der Waals surface area contributed by atoms with Gasteiger partial charge < -0.3 is 10.5 Å². The highest BCUT2D eigenvalue weighted by molar-refractivity contribution is 5.82. The molecule has 1 aromatic rings. The van der Waals surface area contributed by atoms with E-state index < -0.39 is 11.5 Å². The van der Waals surface area contributed by atoms with E-state index in [1.165, 1.54) is 32.0 Å². The lowest BCUT2D eigenvalue weighted by molar-refractivity contribution is -0.130. The molecule has 0 aromatic heterocycles. The van der Waals surface area contributed by atoms with Gasteiger partial charge in [-0.3, -0.25) is 4.79 Å². The Labute approximate surface area is 99.0 Å². The summed E-state index contributed by atoms with van der Waals surface area (Å²) >= 11 is 0. The fourth-order valence-corrected chi connectivity index (χ4v) is 1.12. The summed E-state index contributed by atoms with van der Waals surface area (Å²) in [6, 6.07) is 8.16. The van der Waals surface area contributed by atoms with Gasteiger partial charge in [0, 0.05) is 0 Å². The molecule has 0 saturated carbocycles. The van der Waals surface area contributed by atoms with E-state index in [1.807, 2.05) is 12.1 Å². The van der Waals surface area contributed by atoms with Crippen LogP contribution in [0.2, 0.25) is 0 Å². The molecule has 5 nitrogen and oxygen atoms in total. The van der Waals surface area contributed by atoms with E-state index >= 15 is 0 Å². The molecule has 1 aromatic carbocycles. The molecule has 1 amide bonds.